The van der Waals surface area contributed by atoms with Gasteiger partial charge in [-0.3, -0.25) is 9.59 Å². The predicted octanol–water partition coefficient (Wildman–Crippen LogP) is 4.18. The molecule has 1 heterocycles. The Morgan fingerprint density at radius 1 is 1.19 bits per heavy atom. The summed E-state index contributed by atoms with van der Waals surface area (Å²) in [6, 6.07) is 7.90. The van der Waals surface area contributed by atoms with Crippen molar-refractivity contribution in [2.45, 2.75) is 44.9 Å². The molecule has 26 heavy (non-hydrogen) atoms. The van der Waals surface area contributed by atoms with Crippen molar-refractivity contribution in [3.63, 3.8) is 0 Å². The maximum Gasteiger partial charge on any atom is 0.283 e. The summed E-state index contributed by atoms with van der Waals surface area (Å²) in [6.07, 6.45) is 10.6. The molecule has 5 nitrogen and oxygen atoms in total. The third kappa shape index (κ3) is 3.87. The van der Waals surface area contributed by atoms with Gasteiger partial charge >= 0.3 is 0 Å². The molecule has 134 valence electrons. The Hall–Kier alpha value is -2.82. The molecule has 2 aliphatic rings. The van der Waals surface area contributed by atoms with Gasteiger partial charge in [-0.25, -0.2) is 4.99 Å². The highest BCUT2D eigenvalue weighted by Crippen LogP contribution is 2.33. The average Bonchev–Trinajstić information content (AvgIpc) is 3.06. The molecule has 0 radical (unpaired) electrons. The SMILES string of the molecule is C/C=C(\C=N)C1=NC(=O)C(C(=O)Nc2ccc(C3CCCCC3)cc2)=C1. The van der Waals surface area contributed by atoms with Gasteiger partial charge in [-0.2, -0.15) is 0 Å². The van der Waals surface area contributed by atoms with E-state index in [9.17, 15) is 9.59 Å². The van der Waals surface area contributed by atoms with Crippen molar-refractivity contribution >= 4 is 29.4 Å². The normalized spacial score (nSPS) is 18.3. The largest absolute Gasteiger partial charge is 0.322 e. The van der Waals surface area contributed by atoms with E-state index in [-0.39, 0.29) is 5.57 Å². The van der Waals surface area contributed by atoms with Crippen LogP contribution in [0.25, 0.3) is 0 Å². The summed E-state index contributed by atoms with van der Waals surface area (Å²) in [5.41, 5.74) is 2.84. The summed E-state index contributed by atoms with van der Waals surface area (Å²) in [7, 11) is 0. The molecule has 5 heteroatoms. The number of benzene rings is 1. The van der Waals surface area contributed by atoms with Crippen LogP contribution in [0.2, 0.25) is 0 Å². The molecule has 1 fully saturated rings. The fourth-order valence-corrected chi connectivity index (χ4v) is 3.49. The Bertz CT molecular complexity index is 810. The first-order valence-corrected chi connectivity index (χ1v) is 9.05. The monoisotopic (exact) mass is 349 g/mol. The number of hydrogen-bond donors (Lipinski definition) is 2. The van der Waals surface area contributed by atoms with Crippen molar-refractivity contribution < 1.29 is 9.59 Å². The van der Waals surface area contributed by atoms with Crippen LogP contribution in [0.1, 0.15) is 50.5 Å². The van der Waals surface area contributed by atoms with Crippen molar-refractivity contribution in [1.29, 1.82) is 5.41 Å². The summed E-state index contributed by atoms with van der Waals surface area (Å²) < 4.78 is 0. The maximum atomic E-state index is 12.4. The number of rotatable bonds is 5. The number of amides is 2. The van der Waals surface area contributed by atoms with E-state index in [2.05, 4.69) is 22.4 Å². The zero-order valence-corrected chi connectivity index (χ0v) is 14.9. The van der Waals surface area contributed by atoms with Gasteiger partial charge in [-0.1, -0.05) is 37.5 Å². The van der Waals surface area contributed by atoms with E-state index in [0.717, 1.165) is 6.21 Å². The molecule has 0 unspecified atom stereocenters. The standard InChI is InChI=1S/C21H23N3O2/c1-2-14(13-22)19-12-18(21(26)24-19)20(25)23-17-10-8-16(9-11-17)15-6-4-3-5-7-15/h2,8-13,15,22H,3-7H2,1H3,(H,23,25)/b14-2+,22-13?. The van der Waals surface area contributed by atoms with Gasteiger partial charge < -0.3 is 10.7 Å². The predicted molar refractivity (Wildman–Crippen MR) is 104 cm³/mol. The Labute approximate surface area is 153 Å². The molecular formula is C21H23N3O2. The zero-order valence-electron chi connectivity index (χ0n) is 14.9. The third-order valence-corrected chi connectivity index (χ3v) is 4.99. The number of nitrogens with one attached hydrogen (secondary N) is 2. The highest BCUT2D eigenvalue weighted by Gasteiger charge is 2.25. The summed E-state index contributed by atoms with van der Waals surface area (Å²) in [5.74, 6) is -0.430. The van der Waals surface area contributed by atoms with Crippen molar-refractivity contribution in [3.8, 4) is 0 Å². The van der Waals surface area contributed by atoms with E-state index in [4.69, 9.17) is 5.41 Å². The van der Waals surface area contributed by atoms with Crippen LogP contribution in [-0.2, 0) is 9.59 Å². The minimum Gasteiger partial charge on any atom is -0.322 e. The highest BCUT2D eigenvalue weighted by atomic mass is 16.2. The highest BCUT2D eigenvalue weighted by molar-refractivity contribution is 6.37. The first-order valence-electron chi connectivity index (χ1n) is 9.05. The lowest BCUT2D eigenvalue weighted by Crippen LogP contribution is -2.18. The zero-order chi connectivity index (χ0) is 18.5. The van der Waals surface area contributed by atoms with Crippen LogP contribution in [0.5, 0.6) is 0 Å². The molecule has 0 saturated heterocycles. The van der Waals surface area contributed by atoms with Crippen LogP contribution in [-0.4, -0.2) is 23.7 Å². The molecule has 1 aromatic rings. The minimum atomic E-state index is -0.572. The van der Waals surface area contributed by atoms with Crippen molar-refractivity contribution in [2.24, 2.45) is 4.99 Å². The summed E-state index contributed by atoms with van der Waals surface area (Å²) in [4.78, 5) is 28.3. The van der Waals surface area contributed by atoms with Crippen LogP contribution in [0.3, 0.4) is 0 Å². The van der Waals surface area contributed by atoms with Gasteiger partial charge in [0.2, 0.25) is 0 Å². The quantitative estimate of drug-likeness (QED) is 0.617. The fourth-order valence-electron chi connectivity index (χ4n) is 3.49. The second kappa shape index (κ2) is 8.04. The molecule has 0 spiro atoms. The fraction of sp³-hybridized carbons (Fsp3) is 0.333. The molecule has 0 aromatic heterocycles. The number of allylic oxidation sites excluding steroid dienone is 3. The van der Waals surface area contributed by atoms with E-state index in [1.54, 1.807) is 13.0 Å². The molecule has 2 N–H and O–H groups in total. The van der Waals surface area contributed by atoms with E-state index >= 15 is 0 Å². The maximum absolute atomic E-state index is 12.4. The second-order valence-corrected chi connectivity index (χ2v) is 6.66. The van der Waals surface area contributed by atoms with Gasteiger partial charge in [-0.15, -0.1) is 0 Å². The summed E-state index contributed by atoms with van der Waals surface area (Å²) in [6.45, 7) is 1.76. The molecule has 1 aliphatic carbocycles. The Kier molecular flexibility index (Phi) is 5.56. The average molecular weight is 349 g/mol. The lowest BCUT2D eigenvalue weighted by molar-refractivity contribution is -0.119. The number of carbonyl (C=O) groups excluding carboxylic acids is 2. The van der Waals surface area contributed by atoms with Gasteiger partial charge in [0.05, 0.1) is 5.71 Å². The van der Waals surface area contributed by atoms with Crippen LogP contribution >= 0.6 is 0 Å². The van der Waals surface area contributed by atoms with Crippen LogP contribution in [0, 0.1) is 5.41 Å². The molecule has 1 aromatic carbocycles. The third-order valence-electron chi connectivity index (χ3n) is 4.99. The molecule has 0 bridgehead atoms. The number of aliphatic imine (C=N–C) groups is 1. The number of anilines is 1. The van der Waals surface area contributed by atoms with Crippen molar-refractivity contribution in [1.82, 2.24) is 0 Å². The lowest BCUT2D eigenvalue weighted by Gasteiger charge is -2.22. The minimum absolute atomic E-state index is 0.00226. The van der Waals surface area contributed by atoms with Gasteiger partial charge in [0.25, 0.3) is 11.8 Å². The van der Waals surface area contributed by atoms with Crippen molar-refractivity contribution in [2.75, 3.05) is 5.32 Å². The van der Waals surface area contributed by atoms with Crippen LogP contribution < -0.4 is 5.32 Å². The number of hydrogen-bond acceptors (Lipinski definition) is 3. The van der Waals surface area contributed by atoms with Crippen LogP contribution in [0.4, 0.5) is 5.69 Å². The summed E-state index contributed by atoms with van der Waals surface area (Å²) in [5, 5.41) is 10.1. The molecular weight excluding hydrogens is 326 g/mol. The van der Waals surface area contributed by atoms with Gasteiger partial charge in [0.15, 0.2) is 0 Å². The molecule has 1 saturated carbocycles. The summed E-state index contributed by atoms with van der Waals surface area (Å²) >= 11 is 0. The van der Waals surface area contributed by atoms with E-state index in [0.29, 0.717) is 22.9 Å². The molecule has 1 aliphatic heterocycles. The van der Waals surface area contributed by atoms with Crippen molar-refractivity contribution in [3.05, 3.63) is 53.1 Å². The lowest BCUT2D eigenvalue weighted by atomic mass is 9.84. The Morgan fingerprint density at radius 2 is 1.88 bits per heavy atom. The topological polar surface area (TPSA) is 82.4 Å². The Balaban J connectivity index is 1.67. The first-order chi connectivity index (χ1) is 12.6. The Morgan fingerprint density at radius 3 is 2.50 bits per heavy atom. The van der Waals surface area contributed by atoms with E-state index in [1.165, 1.54) is 43.7 Å². The van der Waals surface area contributed by atoms with E-state index < -0.39 is 11.8 Å². The van der Waals surface area contributed by atoms with Crippen LogP contribution in [0.15, 0.2) is 52.6 Å². The number of nitrogens with zero attached hydrogens (tertiary/aromatic N) is 1. The number of carbonyl (C=O) groups is 2. The molecule has 2 amide bonds. The molecule has 0 atom stereocenters. The van der Waals surface area contributed by atoms with Gasteiger partial charge in [0, 0.05) is 17.5 Å². The first kappa shape index (κ1) is 18.0. The van der Waals surface area contributed by atoms with E-state index in [1.807, 2.05) is 12.1 Å². The molecule has 3 rings (SSSR count). The van der Waals surface area contributed by atoms with Gasteiger partial charge in [-0.05, 0) is 49.5 Å². The second-order valence-electron chi connectivity index (χ2n) is 6.66. The smallest absolute Gasteiger partial charge is 0.283 e. The van der Waals surface area contributed by atoms with Gasteiger partial charge in [0.1, 0.15) is 5.57 Å².